The van der Waals surface area contributed by atoms with Crippen molar-refractivity contribution < 1.29 is 23.1 Å². The molecule has 1 aromatic carbocycles. The molecule has 0 saturated carbocycles. The Morgan fingerprint density at radius 1 is 1.45 bits per heavy atom. The zero-order chi connectivity index (χ0) is 15.6. The quantitative estimate of drug-likeness (QED) is 0.675. The van der Waals surface area contributed by atoms with E-state index in [0.717, 1.165) is 6.07 Å². The highest BCUT2D eigenvalue weighted by Gasteiger charge is 2.26. The number of benzene rings is 1. The van der Waals surface area contributed by atoms with Gasteiger partial charge >= 0.3 is 0 Å². The normalized spacial score (nSPS) is 12.2. The molecule has 0 aliphatic carbocycles. The minimum absolute atomic E-state index is 0.0304. The zero-order valence-corrected chi connectivity index (χ0v) is 12.3. The van der Waals surface area contributed by atoms with Crippen LogP contribution in [-0.4, -0.2) is 38.7 Å². The van der Waals surface area contributed by atoms with Gasteiger partial charge in [0, 0.05) is 0 Å². The van der Waals surface area contributed by atoms with Gasteiger partial charge in [-0.2, -0.15) is 0 Å². The fourth-order valence-electron chi connectivity index (χ4n) is 1.50. The van der Waals surface area contributed by atoms with E-state index >= 15 is 0 Å². The third-order valence-electron chi connectivity index (χ3n) is 2.55. The second-order valence-electron chi connectivity index (χ2n) is 4.87. The Labute approximate surface area is 117 Å². The number of sulfonamides is 1. The lowest BCUT2D eigenvalue weighted by Crippen LogP contribution is -2.46. The number of rotatable bonds is 6. The van der Waals surface area contributed by atoms with Crippen LogP contribution in [0.3, 0.4) is 0 Å². The molecule has 0 aliphatic heterocycles. The van der Waals surface area contributed by atoms with E-state index in [-0.39, 0.29) is 22.8 Å². The number of amides is 1. The van der Waals surface area contributed by atoms with Gasteiger partial charge in [-0.05, 0) is 32.0 Å². The Balaban J connectivity index is 3.27. The van der Waals surface area contributed by atoms with Crippen LogP contribution in [0, 0.1) is 0 Å². The van der Waals surface area contributed by atoms with E-state index in [0.29, 0.717) is 0 Å². The van der Waals surface area contributed by atoms with Crippen molar-refractivity contribution in [2.24, 2.45) is 5.73 Å². The molecule has 0 bridgehead atoms. The number of nitrogens with two attached hydrogens (primary N) is 1. The lowest BCUT2D eigenvalue weighted by Gasteiger charge is -2.23. The molecule has 4 N–H and O–H groups in total. The van der Waals surface area contributed by atoms with Gasteiger partial charge in [0.05, 0.1) is 29.7 Å². The van der Waals surface area contributed by atoms with E-state index in [1.165, 1.54) is 33.1 Å². The van der Waals surface area contributed by atoms with Gasteiger partial charge in [0.25, 0.3) is 5.91 Å². The molecule has 0 aromatic heterocycles. The van der Waals surface area contributed by atoms with Crippen molar-refractivity contribution in [2.45, 2.75) is 24.3 Å². The first-order valence-corrected chi connectivity index (χ1v) is 7.24. The molecule has 0 saturated heterocycles. The highest BCUT2D eigenvalue weighted by molar-refractivity contribution is 7.89. The topological polar surface area (TPSA) is 119 Å². The average molecular weight is 302 g/mol. The van der Waals surface area contributed by atoms with Crippen molar-refractivity contribution in [3.8, 4) is 5.75 Å². The SMILES string of the molecule is COc1ccc(S(=O)(=O)NC(C)(C)CO)cc1C(N)=O. The van der Waals surface area contributed by atoms with Gasteiger partial charge < -0.3 is 15.6 Å². The molecule has 112 valence electrons. The molecule has 1 aromatic rings. The van der Waals surface area contributed by atoms with Crippen LogP contribution in [0.25, 0.3) is 0 Å². The molecule has 1 rings (SSSR count). The summed E-state index contributed by atoms with van der Waals surface area (Å²) < 4.78 is 31.6. The van der Waals surface area contributed by atoms with Gasteiger partial charge in [0.15, 0.2) is 0 Å². The Kier molecular flexibility index (Phi) is 4.74. The Bertz CT molecular complexity index is 610. The van der Waals surface area contributed by atoms with Crippen molar-refractivity contribution in [3.05, 3.63) is 23.8 Å². The highest BCUT2D eigenvalue weighted by atomic mass is 32.2. The molecule has 0 aliphatic rings. The summed E-state index contributed by atoms with van der Waals surface area (Å²) in [5.41, 5.74) is 4.13. The number of carbonyl (C=O) groups is 1. The van der Waals surface area contributed by atoms with Crippen molar-refractivity contribution in [1.29, 1.82) is 0 Å². The second kappa shape index (κ2) is 5.78. The van der Waals surface area contributed by atoms with Gasteiger partial charge in [0.1, 0.15) is 5.75 Å². The number of ether oxygens (including phenoxy) is 1. The van der Waals surface area contributed by atoms with Crippen molar-refractivity contribution >= 4 is 15.9 Å². The fourth-order valence-corrected chi connectivity index (χ4v) is 2.93. The number of aliphatic hydroxyl groups is 1. The number of hydrogen-bond donors (Lipinski definition) is 3. The van der Waals surface area contributed by atoms with Crippen molar-refractivity contribution in [2.75, 3.05) is 13.7 Å². The van der Waals surface area contributed by atoms with Gasteiger partial charge in [-0.15, -0.1) is 0 Å². The maximum absolute atomic E-state index is 12.2. The van der Waals surface area contributed by atoms with Gasteiger partial charge in [-0.3, -0.25) is 4.79 Å². The maximum atomic E-state index is 12.2. The van der Waals surface area contributed by atoms with Crippen LogP contribution in [0.1, 0.15) is 24.2 Å². The molecule has 20 heavy (non-hydrogen) atoms. The van der Waals surface area contributed by atoms with Crippen LogP contribution in [-0.2, 0) is 10.0 Å². The van der Waals surface area contributed by atoms with Gasteiger partial charge in [-0.25, -0.2) is 13.1 Å². The minimum atomic E-state index is -3.88. The van der Waals surface area contributed by atoms with Crippen LogP contribution in [0.4, 0.5) is 0 Å². The summed E-state index contributed by atoms with van der Waals surface area (Å²) in [5.74, 6) is -0.599. The van der Waals surface area contributed by atoms with Crippen molar-refractivity contribution in [1.82, 2.24) is 4.72 Å². The maximum Gasteiger partial charge on any atom is 0.252 e. The molecule has 8 heteroatoms. The highest BCUT2D eigenvalue weighted by Crippen LogP contribution is 2.22. The van der Waals surface area contributed by atoms with Crippen LogP contribution in [0.15, 0.2) is 23.1 Å². The van der Waals surface area contributed by atoms with E-state index < -0.39 is 21.5 Å². The molecule has 0 unspecified atom stereocenters. The summed E-state index contributed by atoms with van der Waals surface area (Å²) >= 11 is 0. The summed E-state index contributed by atoms with van der Waals surface area (Å²) in [5, 5.41) is 9.11. The lowest BCUT2D eigenvalue weighted by atomic mass is 10.1. The molecule has 0 radical (unpaired) electrons. The summed E-state index contributed by atoms with van der Waals surface area (Å²) in [6.45, 7) is 2.69. The molecule has 7 nitrogen and oxygen atoms in total. The summed E-state index contributed by atoms with van der Waals surface area (Å²) in [4.78, 5) is 11.2. The number of aliphatic hydroxyl groups excluding tert-OH is 1. The number of carbonyl (C=O) groups excluding carboxylic acids is 1. The van der Waals surface area contributed by atoms with Crippen molar-refractivity contribution in [3.63, 3.8) is 0 Å². The summed E-state index contributed by atoms with van der Waals surface area (Å²) in [6.07, 6.45) is 0. The lowest BCUT2D eigenvalue weighted by molar-refractivity contribution is 0.0997. The zero-order valence-electron chi connectivity index (χ0n) is 11.5. The summed E-state index contributed by atoms with van der Waals surface area (Å²) in [7, 11) is -2.53. The third-order valence-corrected chi connectivity index (χ3v) is 4.25. The van der Waals surface area contributed by atoms with Crippen LogP contribution >= 0.6 is 0 Å². The third kappa shape index (κ3) is 3.69. The minimum Gasteiger partial charge on any atom is -0.496 e. The molecule has 0 spiro atoms. The van der Waals surface area contributed by atoms with Gasteiger partial charge in [-0.1, -0.05) is 0 Å². The Morgan fingerprint density at radius 2 is 2.05 bits per heavy atom. The second-order valence-corrected chi connectivity index (χ2v) is 6.56. The standard InChI is InChI=1S/C12H18N2O5S/c1-12(2,7-15)14-20(17,18)8-4-5-10(19-3)9(6-8)11(13)16/h4-6,14-15H,7H2,1-3H3,(H2,13,16). The average Bonchev–Trinajstić information content (AvgIpc) is 2.36. The Hall–Kier alpha value is -1.64. The van der Waals surface area contributed by atoms with E-state index in [2.05, 4.69) is 4.72 Å². The largest absolute Gasteiger partial charge is 0.496 e. The number of nitrogens with one attached hydrogen (secondary N) is 1. The monoisotopic (exact) mass is 302 g/mol. The molecule has 1 amide bonds. The number of methoxy groups -OCH3 is 1. The molecule has 0 atom stereocenters. The van der Waals surface area contributed by atoms with E-state index in [1.807, 2.05) is 0 Å². The fraction of sp³-hybridized carbons (Fsp3) is 0.417. The predicted octanol–water partition coefficient (Wildman–Crippen LogP) is -0.157. The van der Waals surface area contributed by atoms with Crippen LogP contribution in [0.5, 0.6) is 5.75 Å². The van der Waals surface area contributed by atoms with E-state index in [4.69, 9.17) is 15.6 Å². The predicted molar refractivity (Wildman–Crippen MR) is 73.0 cm³/mol. The molecular formula is C12H18N2O5S. The van der Waals surface area contributed by atoms with E-state index in [9.17, 15) is 13.2 Å². The van der Waals surface area contributed by atoms with Crippen LogP contribution in [0.2, 0.25) is 0 Å². The number of hydrogen-bond acceptors (Lipinski definition) is 5. The van der Waals surface area contributed by atoms with E-state index in [1.54, 1.807) is 0 Å². The number of primary amides is 1. The first-order valence-electron chi connectivity index (χ1n) is 5.75. The van der Waals surface area contributed by atoms with Gasteiger partial charge in [0.2, 0.25) is 10.0 Å². The first-order chi connectivity index (χ1) is 9.13. The Morgan fingerprint density at radius 3 is 2.50 bits per heavy atom. The smallest absolute Gasteiger partial charge is 0.252 e. The van der Waals surface area contributed by atoms with Crippen LogP contribution < -0.4 is 15.2 Å². The molecular weight excluding hydrogens is 284 g/mol. The molecule has 0 fully saturated rings. The first kappa shape index (κ1) is 16.4. The molecule has 0 heterocycles. The summed E-state index contributed by atoms with van der Waals surface area (Å²) in [6, 6.07) is 3.78.